The molecule has 0 radical (unpaired) electrons. The third-order valence-electron chi connectivity index (χ3n) is 3.90. The van der Waals surface area contributed by atoms with Gasteiger partial charge in [0, 0.05) is 25.2 Å². The third kappa shape index (κ3) is 4.22. The maximum Gasteiger partial charge on any atom is 0.221 e. The van der Waals surface area contributed by atoms with Crippen molar-refractivity contribution in [1.82, 2.24) is 4.90 Å². The van der Waals surface area contributed by atoms with E-state index in [9.17, 15) is 4.79 Å². The van der Waals surface area contributed by atoms with Crippen molar-refractivity contribution >= 4 is 23.2 Å². The van der Waals surface area contributed by atoms with E-state index in [1.807, 2.05) is 24.3 Å². The van der Waals surface area contributed by atoms with Crippen molar-refractivity contribution in [2.75, 3.05) is 18.4 Å². The number of piperidine rings is 1. The van der Waals surface area contributed by atoms with Gasteiger partial charge >= 0.3 is 0 Å². The summed E-state index contributed by atoms with van der Waals surface area (Å²) in [5, 5.41) is 2.76. The van der Waals surface area contributed by atoms with Crippen LogP contribution in [-0.4, -0.2) is 29.9 Å². The second-order valence-electron chi connectivity index (χ2n) is 5.61. The van der Waals surface area contributed by atoms with Crippen molar-refractivity contribution in [3.05, 3.63) is 29.8 Å². The lowest BCUT2D eigenvalue weighted by Gasteiger charge is -2.34. The zero-order chi connectivity index (χ0) is 14.5. The van der Waals surface area contributed by atoms with Crippen LogP contribution in [0.2, 0.25) is 0 Å². The first-order valence-electron chi connectivity index (χ1n) is 7.32. The van der Waals surface area contributed by atoms with Crippen LogP contribution in [0, 0.1) is 0 Å². The monoisotopic (exact) mass is 294 g/mol. The van der Waals surface area contributed by atoms with Crippen molar-refractivity contribution in [2.45, 2.75) is 44.5 Å². The number of carbonyl (C=O) groups is 1. The molecule has 20 heavy (non-hydrogen) atoms. The zero-order valence-corrected chi connectivity index (χ0v) is 13.0. The highest BCUT2D eigenvalue weighted by molar-refractivity contribution is 6.21. The average Bonchev–Trinajstić information content (AvgIpc) is 2.41. The lowest BCUT2D eigenvalue weighted by atomic mass is 10.0. The second-order valence-corrected chi connectivity index (χ2v) is 6.14. The van der Waals surface area contributed by atoms with Gasteiger partial charge in [0.2, 0.25) is 5.91 Å². The minimum absolute atomic E-state index is 0.0377. The first-order valence-corrected chi connectivity index (χ1v) is 7.75. The zero-order valence-electron chi connectivity index (χ0n) is 12.2. The Kier molecular flexibility index (Phi) is 5.44. The van der Waals surface area contributed by atoms with E-state index >= 15 is 0 Å². The molecule has 0 aliphatic carbocycles. The van der Waals surface area contributed by atoms with Crippen LogP contribution in [0.5, 0.6) is 0 Å². The van der Waals surface area contributed by atoms with Crippen LogP contribution in [0.4, 0.5) is 5.69 Å². The van der Waals surface area contributed by atoms with Gasteiger partial charge in [0.15, 0.2) is 0 Å². The van der Waals surface area contributed by atoms with Gasteiger partial charge in [0.25, 0.3) is 0 Å². The van der Waals surface area contributed by atoms with Crippen LogP contribution in [0.3, 0.4) is 0 Å². The molecule has 1 amide bonds. The number of hydrogen-bond donors (Lipinski definition) is 1. The van der Waals surface area contributed by atoms with E-state index in [1.165, 1.54) is 26.2 Å². The number of anilines is 1. The van der Waals surface area contributed by atoms with Crippen LogP contribution in [0.25, 0.3) is 0 Å². The summed E-state index contributed by atoms with van der Waals surface area (Å²) in [6.45, 7) is 5.79. The second kappa shape index (κ2) is 7.09. The molecule has 1 N–H and O–H groups in total. The van der Waals surface area contributed by atoms with Gasteiger partial charge in [-0.1, -0.05) is 18.6 Å². The predicted octanol–water partition coefficient (Wildman–Crippen LogP) is 3.80. The molecule has 2 atom stereocenters. The van der Waals surface area contributed by atoms with Crippen molar-refractivity contribution in [3.63, 3.8) is 0 Å². The number of benzene rings is 1. The quantitative estimate of drug-likeness (QED) is 0.857. The summed E-state index contributed by atoms with van der Waals surface area (Å²) >= 11 is 6.56. The van der Waals surface area contributed by atoms with Crippen molar-refractivity contribution in [2.24, 2.45) is 0 Å². The summed E-state index contributed by atoms with van der Waals surface area (Å²) < 4.78 is 0. The maximum absolute atomic E-state index is 11.1. The Bertz CT molecular complexity index is 464. The molecule has 2 unspecified atom stereocenters. The van der Waals surface area contributed by atoms with E-state index in [1.54, 1.807) is 0 Å². The van der Waals surface area contributed by atoms with Crippen LogP contribution in [0.1, 0.15) is 44.1 Å². The molecule has 1 aliphatic heterocycles. The highest BCUT2D eigenvalue weighted by Crippen LogP contribution is 2.27. The van der Waals surface area contributed by atoms with Gasteiger partial charge in [-0.3, -0.25) is 9.69 Å². The highest BCUT2D eigenvalue weighted by atomic mass is 35.5. The molecule has 0 spiro atoms. The topological polar surface area (TPSA) is 32.3 Å². The van der Waals surface area contributed by atoms with E-state index in [0.717, 1.165) is 24.3 Å². The molecule has 0 saturated carbocycles. The van der Waals surface area contributed by atoms with Gasteiger partial charge in [0.1, 0.15) is 0 Å². The Morgan fingerprint density at radius 1 is 1.50 bits per heavy atom. The first kappa shape index (κ1) is 15.3. The molecule has 3 nitrogen and oxygen atoms in total. The van der Waals surface area contributed by atoms with E-state index in [0.29, 0.717) is 6.04 Å². The summed E-state index contributed by atoms with van der Waals surface area (Å²) in [7, 11) is 0. The Hall–Kier alpha value is -1.06. The summed E-state index contributed by atoms with van der Waals surface area (Å²) in [5.74, 6) is -0.0575. The number of nitrogens with one attached hydrogen (secondary N) is 1. The molecule has 1 aliphatic rings. The minimum atomic E-state index is -0.0575. The van der Waals surface area contributed by atoms with Gasteiger partial charge < -0.3 is 5.32 Å². The van der Waals surface area contributed by atoms with E-state index in [4.69, 9.17) is 11.6 Å². The Morgan fingerprint density at radius 3 is 3.00 bits per heavy atom. The van der Waals surface area contributed by atoms with E-state index in [2.05, 4.69) is 17.1 Å². The lowest BCUT2D eigenvalue weighted by Crippen LogP contribution is -2.39. The van der Waals surface area contributed by atoms with Gasteiger partial charge in [-0.05, 0) is 44.0 Å². The number of hydrogen-bond acceptors (Lipinski definition) is 2. The summed E-state index contributed by atoms with van der Waals surface area (Å²) in [6.07, 6.45) is 3.85. The highest BCUT2D eigenvalue weighted by Gasteiger charge is 2.21. The van der Waals surface area contributed by atoms with Gasteiger partial charge in [0.05, 0.1) is 5.38 Å². The van der Waals surface area contributed by atoms with E-state index in [-0.39, 0.29) is 11.3 Å². The van der Waals surface area contributed by atoms with Gasteiger partial charge in [-0.2, -0.15) is 0 Å². The fourth-order valence-electron chi connectivity index (χ4n) is 2.75. The number of carbonyl (C=O) groups excluding carboxylic acids is 1. The standard InChI is InChI=1S/C16H23ClN2O/c1-12-6-3-4-9-19(12)11-16(17)14-7-5-8-15(10-14)18-13(2)20/h5,7-8,10,12,16H,3-4,6,9,11H2,1-2H3,(H,18,20). The Labute approximate surface area is 126 Å². The van der Waals surface area contributed by atoms with Crippen molar-refractivity contribution in [3.8, 4) is 0 Å². The molecule has 0 aromatic heterocycles. The molecule has 4 heteroatoms. The SMILES string of the molecule is CC(=O)Nc1cccc(C(Cl)CN2CCCCC2C)c1. The van der Waals surface area contributed by atoms with Crippen LogP contribution in [0.15, 0.2) is 24.3 Å². The number of halogens is 1. The number of likely N-dealkylation sites (tertiary alicyclic amines) is 1. The van der Waals surface area contributed by atoms with Crippen molar-refractivity contribution in [1.29, 1.82) is 0 Å². The lowest BCUT2D eigenvalue weighted by molar-refractivity contribution is -0.114. The molecule has 1 aromatic rings. The first-order chi connectivity index (χ1) is 9.56. The smallest absolute Gasteiger partial charge is 0.221 e. The molecule has 1 fully saturated rings. The number of rotatable bonds is 4. The molecular formula is C16H23ClN2O. The number of amides is 1. The molecule has 2 rings (SSSR count). The van der Waals surface area contributed by atoms with Crippen LogP contribution < -0.4 is 5.32 Å². The van der Waals surface area contributed by atoms with Crippen LogP contribution >= 0.6 is 11.6 Å². The summed E-state index contributed by atoms with van der Waals surface area (Å²) in [6, 6.07) is 8.43. The normalized spacial score (nSPS) is 21.4. The van der Waals surface area contributed by atoms with E-state index < -0.39 is 0 Å². The average molecular weight is 295 g/mol. The molecule has 1 aromatic carbocycles. The fraction of sp³-hybridized carbons (Fsp3) is 0.562. The summed E-state index contributed by atoms with van der Waals surface area (Å²) in [5.41, 5.74) is 1.88. The Morgan fingerprint density at radius 2 is 2.30 bits per heavy atom. The molecular weight excluding hydrogens is 272 g/mol. The minimum Gasteiger partial charge on any atom is -0.326 e. The molecule has 110 valence electrons. The number of alkyl halides is 1. The molecule has 0 bridgehead atoms. The van der Waals surface area contributed by atoms with Crippen LogP contribution in [-0.2, 0) is 4.79 Å². The predicted molar refractivity (Wildman–Crippen MR) is 84.2 cm³/mol. The number of nitrogens with zero attached hydrogens (tertiary/aromatic N) is 1. The molecule has 1 saturated heterocycles. The molecule has 1 heterocycles. The largest absolute Gasteiger partial charge is 0.326 e. The summed E-state index contributed by atoms with van der Waals surface area (Å²) in [4.78, 5) is 13.6. The Balaban J connectivity index is 2.01. The maximum atomic E-state index is 11.1. The van der Waals surface area contributed by atoms with Crippen molar-refractivity contribution < 1.29 is 4.79 Å². The van der Waals surface area contributed by atoms with Gasteiger partial charge in [-0.25, -0.2) is 0 Å². The fourth-order valence-corrected chi connectivity index (χ4v) is 3.07. The van der Waals surface area contributed by atoms with Gasteiger partial charge in [-0.15, -0.1) is 11.6 Å². The third-order valence-corrected chi connectivity index (χ3v) is 4.29.